The molecule has 0 aliphatic carbocycles. The molecule has 1 aromatic rings. The predicted octanol–water partition coefficient (Wildman–Crippen LogP) is 3.75. The van der Waals surface area contributed by atoms with Crippen LogP contribution in [-0.4, -0.2) is 24.0 Å². The molecule has 0 aliphatic rings. The molecule has 2 nitrogen and oxygen atoms in total. The van der Waals surface area contributed by atoms with E-state index >= 15 is 0 Å². The molecule has 0 radical (unpaired) electrons. The highest BCUT2D eigenvalue weighted by Gasteiger charge is 2.26. The largest absolute Gasteiger partial charge is 0.326 e. The minimum absolute atomic E-state index is 0.126. The Morgan fingerprint density at radius 2 is 1.68 bits per heavy atom. The third-order valence-corrected chi connectivity index (χ3v) is 3.95. The molecular weight excluding hydrogens is 232 g/mol. The topological polar surface area (TPSA) is 29.3 Å². The summed E-state index contributed by atoms with van der Waals surface area (Å²) >= 11 is 0. The van der Waals surface area contributed by atoms with Crippen molar-refractivity contribution in [2.75, 3.05) is 7.05 Å². The summed E-state index contributed by atoms with van der Waals surface area (Å²) in [4.78, 5) is 2.44. The summed E-state index contributed by atoms with van der Waals surface area (Å²) in [5, 5.41) is 0. The fourth-order valence-electron chi connectivity index (χ4n) is 2.91. The van der Waals surface area contributed by atoms with Gasteiger partial charge in [-0.05, 0) is 51.3 Å². The quantitative estimate of drug-likeness (QED) is 0.846. The van der Waals surface area contributed by atoms with Crippen molar-refractivity contribution >= 4 is 0 Å². The first-order valence-electron chi connectivity index (χ1n) is 7.37. The Kier molecular flexibility index (Phi) is 6.02. The van der Waals surface area contributed by atoms with Crippen molar-refractivity contribution in [1.29, 1.82) is 0 Å². The number of benzene rings is 1. The van der Waals surface area contributed by atoms with E-state index < -0.39 is 0 Å². The lowest BCUT2D eigenvalue weighted by Crippen LogP contribution is -2.42. The normalized spacial score (nSPS) is 16.7. The zero-order valence-corrected chi connectivity index (χ0v) is 13.4. The van der Waals surface area contributed by atoms with Gasteiger partial charge in [0.05, 0.1) is 0 Å². The maximum absolute atomic E-state index is 6.27. The molecule has 0 aliphatic heterocycles. The highest BCUT2D eigenvalue weighted by atomic mass is 15.2. The van der Waals surface area contributed by atoms with Crippen LogP contribution in [0, 0.1) is 12.8 Å². The SMILES string of the molecule is Cc1ccccc1C(C(C)N)N(C)C(C)CC(C)C. The van der Waals surface area contributed by atoms with Gasteiger partial charge in [-0.3, -0.25) is 4.90 Å². The van der Waals surface area contributed by atoms with E-state index in [-0.39, 0.29) is 12.1 Å². The van der Waals surface area contributed by atoms with Gasteiger partial charge in [0.25, 0.3) is 0 Å². The molecule has 108 valence electrons. The van der Waals surface area contributed by atoms with Crippen LogP contribution in [0.1, 0.15) is 51.3 Å². The van der Waals surface area contributed by atoms with Crippen LogP contribution in [0.25, 0.3) is 0 Å². The van der Waals surface area contributed by atoms with Crippen LogP contribution in [-0.2, 0) is 0 Å². The summed E-state index contributed by atoms with van der Waals surface area (Å²) in [5.41, 5.74) is 8.95. The number of aryl methyl sites for hydroxylation is 1. The van der Waals surface area contributed by atoms with E-state index in [0.29, 0.717) is 12.0 Å². The van der Waals surface area contributed by atoms with Gasteiger partial charge in [-0.2, -0.15) is 0 Å². The molecule has 2 N–H and O–H groups in total. The Morgan fingerprint density at radius 1 is 1.11 bits per heavy atom. The first-order valence-corrected chi connectivity index (χ1v) is 7.37. The fraction of sp³-hybridized carbons (Fsp3) is 0.647. The molecule has 0 heterocycles. The van der Waals surface area contributed by atoms with Crippen LogP contribution >= 0.6 is 0 Å². The van der Waals surface area contributed by atoms with Crippen LogP contribution in [0.5, 0.6) is 0 Å². The van der Waals surface area contributed by atoms with Gasteiger partial charge in [-0.25, -0.2) is 0 Å². The average molecular weight is 262 g/mol. The van der Waals surface area contributed by atoms with E-state index in [4.69, 9.17) is 5.73 Å². The van der Waals surface area contributed by atoms with Crippen molar-refractivity contribution in [3.05, 3.63) is 35.4 Å². The van der Waals surface area contributed by atoms with Crippen molar-refractivity contribution in [3.63, 3.8) is 0 Å². The monoisotopic (exact) mass is 262 g/mol. The third-order valence-electron chi connectivity index (χ3n) is 3.95. The summed E-state index contributed by atoms with van der Waals surface area (Å²) in [7, 11) is 2.20. The third kappa shape index (κ3) is 4.32. The van der Waals surface area contributed by atoms with Crippen molar-refractivity contribution in [3.8, 4) is 0 Å². The molecule has 0 saturated carbocycles. The summed E-state index contributed by atoms with van der Waals surface area (Å²) in [5.74, 6) is 0.711. The number of nitrogens with two attached hydrogens (primary N) is 1. The lowest BCUT2D eigenvalue weighted by atomic mass is 9.93. The molecule has 1 rings (SSSR count). The van der Waals surface area contributed by atoms with Crippen LogP contribution < -0.4 is 5.73 Å². The molecule has 0 fully saturated rings. The minimum Gasteiger partial charge on any atom is -0.326 e. The number of rotatable bonds is 6. The van der Waals surface area contributed by atoms with Crippen LogP contribution in [0.2, 0.25) is 0 Å². The fourth-order valence-corrected chi connectivity index (χ4v) is 2.91. The lowest BCUT2D eigenvalue weighted by molar-refractivity contribution is 0.147. The summed E-state index contributed by atoms with van der Waals surface area (Å²) < 4.78 is 0. The van der Waals surface area contributed by atoms with Gasteiger partial charge < -0.3 is 5.73 Å². The molecule has 3 unspecified atom stereocenters. The highest BCUT2D eigenvalue weighted by molar-refractivity contribution is 5.29. The van der Waals surface area contributed by atoms with Gasteiger partial charge in [-0.15, -0.1) is 0 Å². The van der Waals surface area contributed by atoms with E-state index in [2.05, 4.69) is 70.8 Å². The smallest absolute Gasteiger partial charge is 0.0498 e. The molecule has 0 amide bonds. The van der Waals surface area contributed by atoms with Crippen molar-refractivity contribution in [2.45, 2.75) is 59.2 Å². The van der Waals surface area contributed by atoms with E-state index in [1.54, 1.807) is 0 Å². The Morgan fingerprint density at radius 3 is 2.16 bits per heavy atom. The Balaban J connectivity index is 2.98. The van der Waals surface area contributed by atoms with Gasteiger partial charge >= 0.3 is 0 Å². The van der Waals surface area contributed by atoms with Crippen molar-refractivity contribution in [2.24, 2.45) is 11.7 Å². The highest BCUT2D eigenvalue weighted by Crippen LogP contribution is 2.28. The molecular formula is C17H30N2. The molecule has 1 aromatic carbocycles. The lowest BCUT2D eigenvalue weighted by Gasteiger charge is -2.37. The second-order valence-electron chi connectivity index (χ2n) is 6.30. The van der Waals surface area contributed by atoms with E-state index in [1.807, 2.05) is 0 Å². The zero-order chi connectivity index (χ0) is 14.6. The van der Waals surface area contributed by atoms with Crippen LogP contribution in [0.15, 0.2) is 24.3 Å². The summed E-state index contributed by atoms with van der Waals surface area (Å²) in [6.07, 6.45) is 1.20. The molecule has 0 saturated heterocycles. The van der Waals surface area contributed by atoms with Gasteiger partial charge in [0.15, 0.2) is 0 Å². The Bertz CT molecular complexity index is 385. The molecule has 19 heavy (non-hydrogen) atoms. The van der Waals surface area contributed by atoms with E-state index in [9.17, 15) is 0 Å². The number of likely N-dealkylation sites (N-methyl/N-ethyl adjacent to an activating group) is 1. The molecule has 3 atom stereocenters. The average Bonchev–Trinajstić information content (AvgIpc) is 2.30. The summed E-state index contributed by atoms with van der Waals surface area (Å²) in [6.45, 7) is 11.1. The van der Waals surface area contributed by atoms with Gasteiger partial charge in [-0.1, -0.05) is 38.1 Å². The zero-order valence-electron chi connectivity index (χ0n) is 13.4. The molecule has 0 aromatic heterocycles. The van der Waals surface area contributed by atoms with E-state index in [0.717, 1.165) is 0 Å². The first-order chi connectivity index (χ1) is 8.84. The van der Waals surface area contributed by atoms with Crippen molar-refractivity contribution in [1.82, 2.24) is 4.90 Å². The van der Waals surface area contributed by atoms with Gasteiger partial charge in [0.2, 0.25) is 0 Å². The van der Waals surface area contributed by atoms with Crippen LogP contribution in [0.3, 0.4) is 0 Å². The van der Waals surface area contributed by atoms with Crippen LogP contribution in [0.4, 0.5) is 0 Å². The predicted molar refractivity (Wildman–Crippen MR) is 84.2 cm³/mol. The molecule has 0 spiro atoms. The number of hydrogen-bond donors (Lipinski definition) is 1. The Hall–Kier alpha value is -0.860. The van der Waals surface area contributed by atoms with Gasteiger partial charge in [0.1, 0.15) is 0 Å². The maximum atomic E-state index is 6.27. The Labute approximate surface area is 119 Å². The maximum Gasteiger partial charge on any atom is 0.0498 e. The minimum atomic E-state index is 0.126. The summed E-state index contributed by atoms with van der Waals surface area (Å²) in [6, 6.07) is 9.53. The number of hydrogen-bond acceptors (Lipinski definition) is 2. The first kappa shape index (κ1) is 16.2. The second-order valence-corrected chi connectivity index (χ2v) is 6.30. The van der Waals surface area contributed by atoms with Gasteiger partial charge in [0, 0.05) is 18.1 Å². The number of nitrogens with zero attached hydrogens (tertiary/aromatic N) is 1. The second kappa shape index (κ2) is 7.06. The molecule has 2 heteroatoms. The van der Waals surface area contributed by atoms with Crippen molar-refractivity contribution < 1.29 is 0 Å². The standard InChI is InChI=1S/C17H30N2/c1-12(2)11-14(4)19(6)17(15(5)18)16-10-8-7-9-13(16)3/h7-10,12,14-15,17H,11,18H2,1-6H3. The van der Waals surface area contributed by atoms with E-state index in [1.165, 1.54) is 17.5 Å². The molecule has 0 bridgehead atoms.